The summed E-state index contributed by atoms with van der Waals surface area (Å²) in [6.45, 7) is 0.370. The molecule has 0 amide bonds. The van der Waals surface area contributed by atoms with Crippen molar-refractivity contribution < 1.29 is 19.0 Å². The zero-order chi connectivity index (χ0) is 14.0. The molecule has 2 atom stereocenters. The Morgan fingerprint density at radius 3 is 2.89 bits per heavy atom. The van der Waals surface area contributed by atoms with Crippen LogP contribution in [-0.2, 0) is 9.53 Å². The van der Waals surface area contributed by atoms with Crippen LogP contribution in [-0.4, -0.2) is 37.4 Å². The predicted octanol–water partition coefficient (Wildman–Crippen LogP) is 1.23. The van der Waals surface area contributed by atoms with E-state index in [1.165, 1.54) is 12.1 Å². The van der Waals surface area contributed by atoms with Gasteiger partial charge in [0.15, 0.2) is 0 Å². The van der Waals surface area contributed by atoms with Crippen LogP contribution in [0.5, 0.6) is 0 Å². The summed E-state index contributed by atoms with van der Waals surface area (Å²) in [5.74, 6) is -2.18. The van der Waals surface area contributed by atoms with Crippen LogP contribution in [0.2, 0.25) is 0 Å². The van der Waals surface area contributed by atoms with Gasteiger partial charge in [0, 0.05) is 7.05 Å². The van der Waals surface area contributed by atoms with E-state index < -0.39 is 23.7 Å². The van der Waals surface area contributed by atoms with Crippen molar-refractivity contribution in [1.82, 2.24) is 0 Å². The normalized spacial score (nSPS) is 21.9. The molecule has 0 radical (unpaired) electrons. The third-order valence-electron chi connectivity index (χ3n) is 3.32. The van der Waals surface area contributed by atoms with Gasteiger partial charge in [-0.3, -0.25) is 4.79 Å². The quantitative estimate of drug-likeness (QED) is 0.889. The number of aliphatic carboxylic acids is 1. The summed E-state index contributed by atoms with van der Waals surface area (Å²) in [5.41, 5.74) is 0.493. The summed E-state index contributed by atoms with van der Waals surface area (Å²) >= 11 is 0. The maximum absolute atomic E-state index is 13.9. The average molecular weight is 264 g/mol. The molecule has 1 aromatic rings. The molecule has 1 saturated heterocycles. The third kappa shape index (κ3) is 2.51. The lowest BCUT2D eigenvalue weighted by molar-refractivity contribution is -0.141. The molecule has 6 heteroatoms. The Hall–Kier alpha value is -2.13. The molecule has 19 heavy (non-hydrogen) atoms. The van der Waals surface area contributed by atoms with E-state index >= 15 is 0 Å². The number of carbonyl (C=O) groups is 1. The van der Waals surface area contributed by atoms with E-state index in [9.17, 15) is 9.18 Å². The number of hydrogen-bond donors (Lipinski definition) is 1. The fourth-order valence-electron chi connectivity index (χ4n) is 2.20. The van der Waals surface area contributed by atoms with Crippen LogP contribution < -0.4 is 4.90 Å². The number of likely N-dealkylation sites (N-methyl/N-ethyl adjacent to an activating group) is 1. The monoisotopic (exact) mass is 264 g/mol. The Kier molecular flexibility index (Phi) is 3.67. The van der Waals surface area contributed by atoms with Crippen molar-refractivity contribution in [1.29, 1.82) is 5.26 Å². The van der Waals surface area contributed by atoms with Crippen LogP contribution in [0.25, 0.3) is 0 Å². The SMILES string of the molecule is CN(c1ccc(C#N)cc1F)C1COCC1C(=O)O. The van der Waals surface area contributed by atoms with Gasteiger partial charge in [-0.05, 0) is 18.2 Å². The first-order valence-corrected chi connectivity index (χ1v) is 5.77. The minimum Gasteiger partial charge on any atom is -0.481 e. The van der Waals surface area contributed by atoms with E-state index in [1.54, 1.807) is 11.9 Å². The maximum atomic E-state index is 13.9. The number of nitrogens with zero attached hydrogens (tertiary/aromatic N) is 2. The lowest BCUT2D eigenvalue weighted by Gasteiger charge is -2.28. The van der Waals surface area contributed by atoms with Crippen molar-refractivity contribution in [2.45, 2.75) is 6.04 Å². The van der Waals surface area contributed by atoms with Crippen LogP contribution in [0.4, 0.5) is 10.1 Å². The highest BCUT2D eigenvalue weighted by molar-refractivity contribution is 5.72. The number of carboxylic acid groups (broad SMARTS) is 1. The molecule has 5 nitrogen and oxygen atoms in total. The number of benzene rings is 1. The van der Waals surface area contributed by atoms with Crippen LogP contribution in [0.3, 0.4) is 0 Å². The van der Waals surface area contributed by atoms with Crippen LogP contribution in [0.15, 0.2) is 18.2 Å². The van der Waals surface area contributed by atoms with E-state index in [0.29, 0.717) is 0 Å². The Morgan fingerprint density at radius 2 is 2.32 bits per heavy atom. The first kappa shape index (κ1) is 13.3. The van der Waals surface area contributed by atoms with E-state index in [2.05, 4.69) is 0 Å². The fourth-order valence-corrected chi connectivity index (χ4v) is 2.20. The summed E-state index contributed by atoms with van der Waals surface area (Å²) in [6.07, 6.45) is 0. The lowest BCUT2D eigenvalue weighted by atomic mass is 10.0. The summed E-state index contributed by atoms with van der Waals surface area (Å²) in [7, 11) is 1.62. The lowest BCUT2D eigenvalue weighted by Crippen LogP contribution is -2.41. The Morgan fingerprint density at radius 1 is 1.58 bits per heavy atom. The molecule has 1 aliphatic heterocycles. The van der Waals surface area contributed by atoms with Gasteiger partial charge in [0.05, 0.1) is 36.6 Å². The third-order valence-corrected chi connectivity index (χ3v) is 3.32. The molecular weight excluding hydrogens is 251 g/mol. The second kappa shape index (κ2) is 5.24. The smallest absolute Gasteiger partial charge is 0.311 e. The van der Waals surface area contributed by atoms with Crippen molar-refractivity contribution in [3.63, 3.8) is 0 Å². The predicted molar refractivity (Wildman–Crippen MR) is 65.3 cm³/mol. The maximum Gasteiger partial charge on any atom is 0.311 e. The summed E-state index contributed by atoms with van der Waals surface area (Å²) < 4.78 is 19.0. The highest BCUT2D eigenvalue weighted by Gasteiger charge is 2.37. The van der Waals surface area contributed by atoms with Crippen molar-refractivity contribution in [2.75, 3.05) is 25.2 Å². The second-order valence-electron chi connectivity index (χ2n) is 4.44. The highest BCUT2D eigenvalue weighted by atomic mass is 19.1. The van der Waals surface area contributed by atoms with Gasteiger partial charge in [-0.2, -0.15) is 5.26 Å². The van der Waals surface area contributed by atoms with Gasteiger partial charge in [0.25, 0.3) is 0 Å². The van der Waals surface area contributed by atoms with Gasteiger partial charge in [-0.1, -0.05) is 0 Å². The van der Waals surface area contributed by atoms with Crippen molar-refractivity contribution in [2.24, 2.45) is 5.92 Å². The highest BCUT2D eigenvalue weighted by Crippen LogP contribution is 2.27. The number of rotatable bonds is 3. The van der Waals surface area contributed by atoms with E-state index in [-0.39, 0.29) is 24.5 Å². The first-order chi connectivity index (χ1) is 9.04. The molecule has 0 spiro atoms. The number of nitriles is 1. The fraction of sp³-hybridized carbons (Fsp3) is 0.385. The number of anilines is 1. The molecule has 1 N–H and O–H groups in total. The number of halogens is 1. The summed E-state index contributed by atoms with van der Waals surface area (Å²) in [4.78, 5) is 12.6. The largest absolute Gasteiger partial charge is 0.481 e. The van der Waals surface area contributed by atoms with Crippen LogP contribution in [0, 0.1) is 23.1 Å². The summed E-state index contributed by atoms with van der Waals surface area (Å²) in [6, 6.07) is 5.55. The standard InChI is InChI=1S/C13H13FN2O3/c1-16(12-7-19-6-9(12)13(17)18)11-3-2-8(5-15)4-10(11)14/h2-4,9,12H,6-7H2,1H3,(H,17,18). The van der Waals surface area contributed by atoms with Crippen molar-refractivity contribution in [3.05, 3.63) is 29.6 Å². The summed E-state index contributed by atoms with van der Waals surface area (Å²) in [5, 5.41) is 17.8. The Bertz CT molecular complexity index is 541. The van der Waals surface area contributed by atoms with E-state index in [4.69, 9.17) is 15.1 Å². The molecule has 2 unspecified atom stereocenters. The molecule has 1 aromatic carbocycles. The molecule has 100 valence electrons. The van der Waals surface area contributed by atoms with Crippen molar-refractivity contribution >= 4 is 11.7 Å². The minimum atomic E-state index is -0.955. The van der Waals surface area contributed by atoms with Gasteiger partial charge in [0.2, 0.25) is 0 Å². The zero-order valence-electron chi connectivity index (χ0n) is 10.3. The molecule has 0 saturated carbocycles. The van der Waals surface area contributed by atoms with Crippen LogP contribution in [0.1, 0.15) is 5.56 Å². The van der Waals surface area contributed by atoms with Gasteiger partial charge >= 0.3 is 5.97 Å². The Labute approximate surface area is 109 Å². The van der Waals surface area contributed by atoms with E-state index in [0.717, 1.165) is 6.07 Å². The first-order valence-electron chi connectivity index (χ1n) is 5.77. The average Bonchev–Trinajstić information content (AvgIpc) is 2.87. The zero-order valence-corrected chi connectivity index (χ0v) is 10.3. The molecule has 0 aliphatic carbocycles. The van der Waals surface area contributed by atoms with E-state index in [1.807, 2.05) is 6.07 Å². The topological polar surface area (TPSA) is 73.6 Å². The van der Waals surface area contributed by atoms with Crippen molar-refractivity contribution in [3.8, 4) is 6.07 Å². The molecule has 2 rings (SSSR count). The number of carboxylic acids is 1. The van der Waals surface area contributed by atoms with Crippen LogP contribution >= 0.6 is 0 Å². The molecule has 0 aromatic heterocycles. The molecule has 1 aliphatic rings. The van der Waals surface area contributed by atoms with Gasteiger partial charge in [-0.15, -0.1) is 0 Å². The minimum absolute atomic E-state index is 0.127. The molecule has 1 heterocycles. The molecule has 0 bridgehead atoms. The Balaban J connectivity index is 2.27. The van der Waals surface area contributed by atoms with Gasteiger partial charge in [-0.25, -0.2) is 4.39 Å². The number of ether oxygens (including phenoxy) is 1. The van der Waals surface area contributed by atoms with Gasteiger partial charge < -0.3 is 14.7 Å². The number of hydrogen-bond acceptors (Lipinski definition) is 4. The second-order valence-corrected chi connectivity index (χ2v) is 4.44. The molecular formula is C13H13FN2O3. The van der Waals surface area contributed by atoms with Gasteiger partial charge in [0.1, 0.15) is 11.7 Å². The molecule has 1 fully saturated rings.